The summed E-state index contributed by atoms with van der Waals surface area (Å²) in [7, 11) is 1.55. The summed E-state index contributed by atoms with van der Waals surface area (Å²) < 4.78 is 5.06. The molecule has 0 bridgehead atoms. The van der Waals surface area contributed by atoms with Crippen molar-refractivity contribution in [3.05, 3.63) is 24.4 Å². The van der Waals surface area contributed by atoms with Crippen LogP contribution in [0, 0.1) is 0 Å². The van der Waals surface area contributed by atoms with E-state index in [2.05, 4.69) is 15.3 Å². The molecule has 0 radical (unpaired) electrons. The van der Waals surface area contributed by atoms with Gasteiger partial charge in [-0.2, -0.15) is 0 Å². The Bertz CT molecular complexity index is 554. The highest BCUT2D eigenvalue weighted by molar-refractivity contribution is 5.98. The van der Waals surface area contributed by atoms with E-state index in [-0.39, 0.29) is 5.91 Å². The van der Waals surface area contributed by atoms with Crippen LogP contribution >= 0.6 is 0 Å². The molecule has 5 nitrogen and oxygen atoms in total. The molecule has 0 spiro atoms. The number of rotatable bonds is 3. The number of anilines is 1. The maximum Gasteiger partial charge on any atom is 0.224 e. The number of hydrogen-bond donors (Lipinski definition) is 1. The highest BCUT2D eigenvalue weighted by Crippen LogP contribution is 2.22. The van der Waals surface area contributed by atoms with Gasteiger partial charge in [-0.05, 0) is 12.1 Å². The Balaban J connectivity index is 2.50. The summed E-state index contributed by atoms with van der Waals surface area (Å²) in [6.45, 7) is 1.80. The van der Waals surface area contributed by atoms with Crippen LogP contribution in [-0.2, 0) is 4.79 Å². The average Bonchev–Trinajstić information content (AvgIpc) is 2.38. The van der Waals surface area contributed by atoms with E-state index in [1.165, 1.54) is 0 Å². The number of aromatic nitrogens is 2. The minimum absolute atomic E-state index is 0.0536. The summed E-state index contributed by atoms with van der Waals surface area (Å²) >= 11 is 0. The summed E-state index contributed by atoms with van der Waals surface area (Å²) in [6.07, 6.45) is 2.07. The van der Waals surface area contributed by atoms with Gasteiger partial charge in [0.15, 0.2) is 0 Å². The molecule has 2 aromatic heterocycles. The second kappa shape index (κ2) is 4.78. The van der Waals surface area contributed by atoms with Gasteiger partial charge in [0.1, 0.15) is 5.52 Å². The van der Waals surface area contributed by atoms with E-state index >= 15 is 0 Å². The molecular formula is C12H13N3O2. The van der Waals surface area contributed by atoms with Crippen LogP contribution in [0.5, 0.6) is 5.88 Å². The number of hydrogen-bond acceptors (Lipinski definition) is 4. The van der Waals surface area contributed by atoms with E-state index in [0.717, 1.165) is 5.52 Å². The largest absolute Gasteiger partial charge is 0.481 e. The molecule has 1 N–H and O–H groups in total. The Morgan fingerprint density at radius 2 is 2.24 bits per heavy atom. The van der Waals surface area contributed by atoms with Crippen LogP contribution in [0.15, 0.2) is 24.4 Å². The lowest BCUT2D eigenvalue weighted by Crippen LogP contribution is -2.10. The van der Waals surface area contributed by atoms with Gasteiger partial charge in [-0.15, -0.1) is 0 Å². The molecule has 2 aromatic rings. The van der Waals surface area contributed by atoms with Gasteiger partial charge < -0.3 is 10.1 Å². The maximum absolute atomic E-state index is 11.4. The SMILES string of the molecule is CCC(=O)Nc1ccnc2ccc(OC)nc12. The second-order valence-corrected chi connectivity index (χ2v) is 3.48. The lowest BCUT2D eigenvalue weighted by molar-refractivity contribution is -0.115. The third-order valence-corrected chi connectivity index (χ3v) is 2.36. The van der Waals surface area contributed by atoms with Gasteiger partial charge in [-0.25, -0.2) is 4.98 Å². The van der Waals surface area contributed by atoms with E-state index in [1.807, 2.05) is 6.07 Å². The topological polar surface area (TPSA) is 64.1 Å². The molecule has 0 saturated heterocycles. The molecule has 0 aliphatic heterocycles. The number of carbonyl (C=O) groups excluding carboxylic acids is 1. The van der Waals surface area contributed by atoms with Crippen molar-refractivity contribution in [3.63, 3.8) is 0 Å². The van der Waals surface area contributed by atoms with E-state index < -0.39 is 0 Å². The third-order valence-electron chi connectivity index (χ3n) is 2.36. The number of nitrogens with one attached hydrogen (secondary N) is 1. The molecule has 5 heteroatoms. The van der Waals surface area contributed by atoms with Crippen LogP contribution in [0.2, 0.25) is 0 Å². The van der Waals surface area contributed by atoms with Gasteiger partial charge in [0.05, 0.1) is 18.3 Å². The van der Waals surface area contributed by atoms with Gasteiger partial charge in [-0.3, -0.25) is 9.78 Å². The van der Waals surface area contributed by atoms with Crippen molar-refractivity contribution in [3.8, 4) is 5.88 Å². The molecule has 88 valence electrons. The monoisotopic (exact) mass is 231 g/mol. The molecule has 2 rings (SSSR count). The lowest BCUT2D eigenvalue weighted by Gasteiger charge is -2.07. The molecule has 0 aliphatic rings. The predicted molar refractivity (Wildman–Crippen MR) is 65.0 cm³/mol. The minimum atomic E-state index is -0.0536. The number of carbonyl (C=O) groups is 1. The lowest BCUT2D eigenvalue weighted by atomic mass is 10.2. The number of nitrogens with zero attached hydrogens (tertiary/aromatic N) is 2. The van der Waals surface area contributed by atoms with Gasteiger partial charge in [0, 0.05) is 18.7 Å². The summed E-state index contributed by atoms with van der Waals surface area (Å²) in [6, 6.07) is 5.27. The molecule has 17 heavy (non-hydrogen) atoms. The van der Waals surface area contributed by atoms with Gasteiger partial charge in [-0.1, -0.05) is 6.92 Å². The number of amides is 1. The zero-order valence-electron chi connectivity index (χ0n) is 9.73. The fourth-order valence-corrected chi connectivity index (χ4v) is 1.46. The van der Waals surface area contributed by atoms with Crippen LogP contribution in [0.3, 0.4) is 0 Å². The molecule has 0 aliphatic carbocycles. The smallest absolute Gasteiger partial charge is 0.224 e. The fourth-order valence-electron chi connectivity index (χ4n) is 1.46. The Hall–Kier alpha value is -2.17. The first-order valence-corrected chi connectivity index (χ1v) is 5.34. The van der Waals surface area contributed by atoms with Crippen molar-refractivity contribution in [1.29, 1.82) is 0 Å². The van der Waals surface area contributed by atoms with Gasteiger partial charge >= 0.3 is 0 Å². The molecule has 0 unspecified atom stereocenters. The Kier molecular flexibility index (Phi) is 3.18. The van der Waals surface area contributed by atoms with Crippen molar-refractivity contribution >= 4 is 22.6 Å². The molecular weight excluding hydrogens is 218 g/mol. The van der Waals surface area contributed by atoms with Crippen molar-refractivity contribution in [2.75, 3.05) is 12.4 Å². The van der Waals surface area contributed by atoms with Crippen molar-refractivity contribution in [2.45, 2.75) is 13.3 Å². The first-order chi connectivity index (χ1) is 8.24. The molecule has 0 fully saturated rings. The van der Waals surface area contributed by atoms with Crippen LogP contribution in [-0.4, -0.2) is 23.0 Å². The van der Waals surface area contributed by atoms with Crippen molar-refractivity contribution in [2.24, 2.45) is 0 Å². The predicted octanol–water partition coefficient (Wildman–Crippen LogP) is 1.99. The first kappa shape index (κ1) is 11.3. The molecule has 1 amide bonds. The molecule has 0 aromatic carbocycles. The van der Waals surface area contributed by atoms with Crippen LogP contribution in [0.25, 0.3) is 11.0 Å². The van der Waals surface area contributed by atoms with Crippen molar-refractivity contribution in [1.82, 2.24) is 9.97 Å². The normalized spacial score (nSPS) is 10.2. The second-order valence-electron chi connectivity index (χ2n) is 3.48. The number of methoxy groups -OCH3 is 1. The van der Waals surface area contributed by atoms with E-state index in [9.17, 15) is 4.79 Å². The number of ether oxygens (including phenoxy) is 1. The quantitative estimate of drug-likeness (QED) is 0.877. The number of pyridine rings is 2. The minimum Gasteiger partial charge on any atom is -0.481 e. The Labute approximate surface area is 98.8 Å². The summed E-state index contributed by atoms with van der Waals surface area (Å²) in [5.41, 5.74) is 2.01. The Morgan fingerprint density at radius 1 is 1.41 bits per heavy atom. The molecule has 0 atom stereocenters. The zero-order chi connectivity index (χ0) is 12.3. The summed E-state index contributed by atoms with van der Waals surface area (Å²) in [4.78, 5) is 19.9. The first-order valence-electron chi connectivity index (χ1n) is 5.34. The van der Waals surface area contributed by atoms with E-state index in [0.29, 0.717) is 23.5 Å². The Morgan fingerprint density at radius 3 is 2.94 bits per heavy atom. The van der Waals surface area contributed by atoms with Gasteiger partial charge in [0.2, 0.25) is 11.8 Å². The molecule has 2 heterocycles. The van der Waals surface area contributed by atoms with Crippen molar-refractivity contribution < 1.29 is 9.53 Å². The van der Waals surface area contributed by atoms with Crippen LogP contribution in [0.1, 0.15) is 13.3 Å². The zero-order valence-corrected chi connectivity index (χ0v) is 9.73. The highest BCUT2D eigenvalue weighted by atomic mass is 16.5. The summed E-state index contributed by atoms with van der Waals surface area (Å²) in [5.74, 6) is 0.444. The highest BCUT2D eigenvalue weighted by Gasteiger charge is 2.07. The van der Waals surface area contributed by atoms with Crippen LogP contribution in [0.4, 0.5) is 5.69 Å². The maximum atomic E-state index is 11.4. The third kappa shape index (κ3) is 2.33. The van der Waals surface area contributed by atoms with Crippen LogP contribution < -0.4 is 10.1 Å². The molecule has 0 saturated carbocycles. The standard InChI is InChI=1S/C12H13N3O2/c1-3-10(16)14-9-6-7-13-8-4-5-11(17-2)15-12(8)9/h4-7H,3H2,1-2H3,(H,13,14,16). The fraction of sp³-hybridized carbons (Fsp3) is 0.250. The average molecular weight is 231 g/mol. The number of fused-ring (bicyclic) bond motifs is 1. The van der Waals surface area contributed by atoms with E-state index in [4.69, 9.17) is 4.74 Å². The summed E-state index contributed by atoms with van der Waals surface area (Å²) in [5, 5.41) is 2.79. The van der Waals surface area contributed by atoms with Gasteiger partial charge in [0.25, 0.3) is 0 Å². The van der Waals surface area contributed by atoms with E-state index in [1.54, 1.807) is 32.4 Å².